The number of benzene rings is 1. The molecule has 23 heavy (non-hydrogen) atoms. The highest BCUT2D eigenvalue weighted by molar-refractivity contribution is 5.49. The minimum atomic E-state index is -4.33. The topological polar surface area (TPSA) is 76.2 Å². The van der Waals surface area contributed by atoms with Crippen molar-refractivity contribution in [3.8, 4) is 5.75 Å². The maximum absolute atomic E-state index is 12.1. The number of anilines is 1. The van der Waals surface area contributed by atoms with Gasteiger partial charge in [0.2, 0.25) is 0 Å². The van der Waals surface area contributed by atoms with Gasteiger partial charge in [-0.05, 0) is 24.3 Å². The van der Waals surface area contributed by atoms with Crippen molar-refractivity contribution in [1.29, 1.82) is 0 Å². The van der Waals surface area contributed by atoms with E-state index in [1.807, 2.05) is 0 Å². The molecule has 1 aromatic heterocycles. The number of H-pyrrole nitrogens is 1. The van der Waals surface area contributed by atoms with Crippen molar-refractivity contribution in [2.45, 2.75) is 12.7 Å². The second kappa shape index (κ2) is 7.77. The third-order valence-electron chi connectivity index (χ3n) is 2.93. The van der Waals surface area contributed by atoms with Crippen LogP contribution < -0.4 is 9.64 Å². The normalized spacial score (nSPS) is 11.5. The molecule has 0 unspecified atom stereocenters. The molecule has 0 atom stereocenters. The summed E-state index contributed by atoms with van der Waals surface area (Å²) in [7, 11) is 1.55. The van der Waals surface area contributed by atoms with Crippen molar-refractivity contribution in [1.82, 2.24) is 20.6 Å². The Bertz CT molecular complexity index is 574. The molecular weight excluding hydrogens is 315 g/mol. The molecule has 0 fully saturated rings. The average Bonchev–Trinajstić information content (AvgIpc) is 3.02. The molecule has 0 amide bonds. The first-order valence-corrected chi connectivity index (χ1v) is 6.74. The molecule has 0 aliphatic carbocycles. The van der Waals surface area contributed by atoms with E-state index < -0.39 is 12.8 Å². The fraction of sp³-hybridized carbons (Fsp3) is 0.462. The molecule has 2 rings (SSSR count). The van der Waals surface area contributed by atoms with Crippen LogP contribution in [0, 0.1) is 0 Å². The maximum atomic E-state index is 12.1. The maximum Gasteiger partial charge on any atom is 0.411 e. The van der Waals surface area contributed by atoms with Crippen LogP contribution in [0.4, 0.5) is 18.9 Å². The van der Waals surface area contributed by atoms with Gasteiger partial charge < -0.3 is 14.4 Å². The van der Waals surface area contributed by atoms with Crippen molar-refractivity contribution in [3.63, 3.8) is 0 Å². The van der Waals surface area contributed by atoms with E-state index in [4.69, 9.17) is 4.74 Å². The van der Waals surface area contributed by atoms with Crippen molar-refractivity contribution < 1.29 is 22.6 Å². The molecule has 0 spiro atoms. The predicted octanol–water partition coefficient (Wildman–Crippen LogP) is 1.79. The lowest BCUT2D eigenvalue weighted by atomic mass is 10.2. The first-order chi connectivity index (χ1) is 11.0. The lowest BCUT2D eigenvalue weighted by molar-refractivity contribution is -0.173. The summed E-state index contributed by atoms with van der Waals surface area (Å²) >= 11 is 0. The van der Waals surface area contributed by atoms with Gasteiger partial charge >= 0.3 is 6.18 Å². The van der Waals surface area contributed by atoms with Crippen molar-refractivity contribution in [2.75, 3.05) is 31.8 Å². The van der Waals surface area contributed by atoms with Crippen LogP contribution in [0.1, 0.15) is 5.82 Å². The van der Waals surface area contributed by atoms with Crippen LogP contribution >= 0.6 is 0 Å². The molecule has 0 saturated carbocycles. The highest BCUT2D eigenvalue weighted by Gasteiger charge is 2.27. The van der Waals surface area contributed by atoms with Crippen molar-refractivity contribution in [2.24, 2.45) is 0 Å². The first-order valence-electron chi connectivity index (χ1n) is 6.74. The van der Waals surface area contributed by atoms with Gasteiger partial charge in [-0.1, -0.05) is 5.21 Å². The largest absolute Gasteiger partial charge is 0.497 e. The van der Waals surface area contributed by atoms with E-state index in [1.54, 1.807) is 36.3 Å². The number of tetrazole rings is 1. The van der Waals surface area contributed by atoms with Crippen LogP contribution in [0.2, 0.25) is 0 Å². The van der Waals surface area contributed by atoms with Gasteiger partial charge in [0, 0.05) is 12.2 Å². The van der Waals surface area contributed by atoms with Gasteiger partial charge in [-0.25, -0.2) is 0 Å². The van der Waals surface area contributed by atoms with Crippen molar-refractivity contribution >= 4 is 5.69 Å². The number of alkyl halides is 3. The van der Waals surface area contributed by atoms with E-state index in [2.05, 4.69) is 25.4 Å². The summed E-state index contributed by atoms with van der Waals surface area (Å²) in [4.78, 5) is 1.79. The highest BCUT2D eigenvalue weighted by atomic mass is 19.4. The molecule has 126 valence electrons. The Balaban J connectivity index is 1.99. The zero-order chi connectivity index (χ0) is 16.7. The van der Waals surface area contributed by atoms with E-state index in [1.165, 1.54) is 0 Å². The van der Waals surface area contributed by atoms with Crippen LogP contribution in [0.3, 0.4) is 0 Å². The lowest BCUT2D eigenvalue weighted by Crippen LogP contribution is -2.29. The summed E-state index contributed by atoms with van der Waals surface area (Å²) in [6, 6.07) is 7.11. The monoisotopic (exact) mass is 331 g/mol. The van der Waals surface area contributed by atoms with E-state index in [0.29, 0.717) is 11.6 Å². The molecule has 0 aliphatic rings. The molecule has 0 radical (unpaired) electrons. The Morgan fingerprint density at radius 2 is 1.96 bits per heavy atom. The Morgan fingerprint density at radius 3 is 2.52 bits per heavy atom. The second-order valence-corrected chi connectivity index (χ2v) is 4.62. The summed E-state index contributed by atoms with van der Waals surface area (Å²) in [6.07, 6.45) is -4.33. The smallest absolute Gasteiger partial charge is 0.411 e. The number of rotatable bonds is 8. The fourth-order valence-corrected chi connectivity index (χ4v) is 1.88. The number of hydrogen-bond acceptors (Lipinski definition) is 6. The molecular formula is C13H16F3N5O2. The molecule has 2 aromatic rings. The Kier molecular flexibility index (Phi) is 5.74. The average molecular weight is 331 g/mol. The van der Waals surface area contributed by atoms with Gasteiger partial charge in [0.25, 0.3) is 0 Å². The molecule has 10 heteroatoms. The zero-order valence-corrected chi connectivity index (χ0v) is 12.4. The number of hydrogen-bond donors (Lipinski definition) is 1. The third kappa shape index (κ3) is 5.74. The number of nitrogens with zero attached hydrogens (tertiary/aromatic N) is 4. The molecule has 1 N–H and O–H groups in total. The van der Waals surface area contributed by atoms with E-state index in [9.17, 15) is 13.2 Å². The molecule has 1 heterocycles. The zero-order valence-electron chi connectivity index (χ0n) is 12.4. The summed E-state index contributed by atoms with van der Waals surface area (Å²) in [5.74, 6) is 1.11. The van der Waals surface area contributed by atoms with Gasteiger partial charge in [0.15, 0.2) is 5.82 Å². The number of nitrogens with one attached hydrogen (secondary N) is 1. The number of ether oxygens (including phenoxy) is 2. The summed E-state index contributed by atoms with van der Waals surface area (Å²) < 4.78 is 46.1. The Morgan fingerprint density at radius 1 is 1.22 bits per heavy atom. The molecule has 7 nitrogen and oxygen atoms in total. The van der Waals surface area contributed by atoms with E-state index in [-0.39, 0.29) is 19.7 Å². The number of halogens is 3. The van der Waals surface area contributed by atoms with E-state index >= 15 is 0 Å². The lowest BCUT2D eigenvalue weighted by Gasteiger charge is -2.23. The number of aromatic amines is 1. The fourth-order valence-electron chi connectivity index (χ4n) is 1.88. The summed E-state index contributed by atoms with van der Waals surface area (Å²) in [5.41, 5.74) is 0.784. The SMILES string of the molecule is COc1ccc(N(CCOCC(F)(F)F)Cc2nn[nH]n2)cc1. The number of aromatic nitrogens is 4. The minimum absolute atomic E-state index is 0.0800. The summed E-state index contributed by atoms with van der Waals surface area (Å²) in [5, 5.41) is 13.5. The van der Waals surface area contributed by atoms with Crippen LogP contribution in [-0.2, 0) is 11.3 Å². The van der Waals surface area contributed by atoms with Gasteiger partial charge in [0.05, 0.1) is 20.3 Å². The number of methoxy groups -OCH3 is 1. The Labute approximate surface area is 130 Å². The third-order valence-corrected chi connectivity index (χ3v) is 2.93. The summed E-state index contributed by atoms with van der Waals surface area (Å²) in [6.45, 7) is -0.815. The molecule has 0 bridgehead atoms. The van der Waals surface area contributed by atoms with Crippen LogP contribution in [-0.4, -0.2) is 53.7 Å². The standard InChI is InChI=1S/C13H16F3N5O2/c1-22-11-4-2-10(3-5-11)21(8-12-17-19-20-18-12)6-7-23-9-13(14,15)16/h2-5H,6-9H2,1H3,(H,17,18,19,20). The molecule has 1 aromatic carbocycles. The Hall–Kier alpha value is -2.36. The highest BCUT2D eigenvalue weighted by Crippen LogP contribution is 2.20. The van der Waals surface area contributed by atoms with E-state index in [0.717, 1.165) is 5.69 Å². The van der Waals surface area contributed by atoms with Crippen LogP contribution in [0.5, 0.6) is 5.75 Å². The molecule has 0 saturated heterocycles. The van der Waals surface area contributed by atoms with Gasteiger partial charge in [-0.15, -0.1) is 10.2 Å². The minimum Gasteiger partial charge on any atom is -0.497 e. The second-order valence-electron chi connectivity index (χ2n) is 4.62. The molecule has 0 aliphatic heterocycles. The van der Waals surface area contributed by atoms with Gasteiger partial charge in [0.1, 0.15) is 12.4 Å². The van der Waals surface area contributed by atoms with Gasteiger partial charge in [-0.2, -0.15) is 18.4 Å². The first kappa shape index (κ1) is 17.0. The van der Waals surface area contributed by atoms with Crippen molar-refractivity contribution in [3.05, 3.63) is 30.1 Å². The predicted molar refractivity (Wildman–Crippen MR) is 75.1 cm³/mol. The quantitative estimate of drug-likeness (QED) is 0.743. The van der Waals surface area contributed by atoms with Crippen LogP contribution in [0.25, 0.3) is 0 Å². The van der Waals surface area contributed by atoms with Gasteiger partial charge in [-0.3, -0.25) is 0 Å². The van der Waals surface area contributed by atoms with Crippen LogP contribution in [0.15, 0.2) is 24.3 Å².